The molecule has 2 N–H and O–H groups in total. The van der Waals surface area contributed by atoms with E-state index >= 15 is 0 Å². The Morgan fingerprint density at radius 2 is 2.19 bits per heavy atom. The summed E-state index contributed by atoms with van der Waals surface area (Å²) in [5.74, 6) is 0. The number of nitrogens with zero attached hydrogens (tertiary/aromatic N) is 2. The first-order valence-corrected chi connectivity index (χ1v) is 9.40. The Morgan fingerprint density at radius 1 is 1.38 bits per heavy atom. The van der Waals surface area contributed by atoms with Crippen molar-refractivity contribution in [2.24, 2.45) is 5.73 Å². The molecule has 2 atom stereocenters. The number of nitrogens with two attached hydrogens (primary N) is 1. The molecule has 1 aromatic heterocycles. The Bertz CT molecular complexity index is 480. The zero-order valence-corrected chi connectivity index (χ0v) is 13.8. The van der Waals surface area contributed by atoms with Gasteiger partial charge in [-0.3, -0.25) is 9.80 Å². The molecule has 1 saturated heterocycles. The molecule has 2 aliphatic carbocycles. The molecule has 2 heterocycles. The maximum atomic E-state index is 6.34. The summed E-state index contributed by atoms with van der Waals surface area (Å²) in [6, 6.07) is 4.61. The normalized spacial score (nSPS) is 34.0. The van der Waals surface area contributed by atoms with Gasteiger partial charge in [0.2, 0.25) is 0 Å². The molecule has 0 amide bonds. The van der Waals surface area contributed by atoms with Crippen LogP contribution in [0.25, 0.3) is 0 Å². The second-order valence-corrected chi connectivity index (χ2v) is 8.16. The van der Waals surface area contributed by atoms with E-state index in [1.54, 1.807) is 0 Å². The number of rotatable bonds is 6. The molecule has 0 spiro atoms. The minimum atomic E-state index is 0.213. The van der Waals surface area contributed by atoms with Crippen molar-refractivity contribution >= 4 is 11.3 Å². The summed E-state index contributed by atoms with van der Waals surface area (Å²) in [4.78, 5) is 5.52. The summed E-state index contributed by atoms with van der Waals surface area (Å²) in [6.45, 7) is 5.50. The van der Waals surface area contributed by atoms with Gasteiger partial charge >= 0.3 is 0 Å². The summed E-state index contributed by atoms with van der Waals surface area (Å²) in [5, 5.41) is 4.50. The van der Waals surface area contributed by atoms with Crippen molar-refractivity contribution in [3.63, 3.8) is 0 Å². The quantitative estimate of drug-likeness (QED) is 0.877. The van der Waals surface area contributed by atoms with Crippen LogP contribution in [0.1, 0.15) is 44.6 Å². The van der Waals surface area contributed by atoms with E-state index in [4.69, 9.17) is 5.73 Å². The van der Waals surface area contributed by atoms with Gasteiger partial charge in [-0.1, -0.05) is 0 Å². The first-order chi connectivity index (χ1) is 10.2. The van der Waals surface area contributed by atoms with Crippen LogP contribution in [0, 0.1) is 0 Å². The van der Waals surface area contributed by atoms with Crippen LogP contribution in [-0.2, 0) is 6.54 Å². The molecule has 3 aliphatic rings. The second kappa shape index (κ2) is 5.34. The first-order valence-electron chi connectivity index (χ1n) is 8.45. The Hall–Kier alpha value is -0.420. The fourth-order valence-corrected chi connectivity index (χ4v) is 4.91. The average molecular weight is 305 g/mol. The third-order valence-electron chi connectivity index (χ3n) is 5.64. The highest BCUT2D eigenvalue weighted by Crippen LogP contribution is 2.44. The molecule has 0 radical (unpaired) electrons. The third kappa shape index (κ3) is 2.67. The molecule has 0 aromatic carbocycles. The molecule has 2 unspecified atom stereocenters. The first kappa shape index (κ1) is 14.2. The van der Waals surface area contributed by atoms with Crippen LogP contribution in [-0.4, -0.2) is 46.6 Å². The molecule has 4 rings (SSSR count). The zero-order valence-electron chi connectivity index (χ0n) is 13.0. The second-order valence-electron chi connectivity index (χ2n) is 7.38. The molecule has 3 fully saturated rings. The smallest absolute Gasteiger partial charge is 0.0479 e. The fraction of sp³-hybridized carbons (Fsp3) is 0.765. The lowest BCUT2D eigenvalue weighted by Crippen LogP contribution is -2.56. The molecular formula is C17H27N3S. The van der Waals surface area contributed by atoms with Gasteiger partial charge in [0.15, 0.2) is 0 Å². The topological polar surface area (TPSA) is 32.5 Å². The van der Waals surface area contributed by atoms with Crippen LogP contribution in [0.5, 0.6) is 0 Å². The highest BCUT2D eigenvalue weighted by Gasteiger charge is 2.52. The summed E-state index contributed by atoms with van der Waals surface area (Å²) in [7, 11) is 0. The highest BCUT2D eigenvalue weighted by atomic mass is 32.1. The lowest BCUT2D eigenvalue weighted by molar-refractivity contribution is 0.0805. The van der Waals surface area contributed by atoms with Gasteiger partial charge in [-0.25, -0.2) is 0 Å². The van der Waals surface area contributed by atoms with E-state index < -0.39 is 0 Å². The minimum absolute atomic E-state index is 0.213. The predicted molar refractivity (Wildman–Crippen MR) is 88.5 cm³/mol. The lowest BCUT2D eigenvalue weighted by atomic mass is 9.93. The largest absolute Gasteiger partial charge is 0.329 e. The summed E-state index contributed by atoms with van der Waals surface area (Å²) >= 11 is 1.81. The molecule has 21 heavy (non-hydrogen) atoms. The van der Waals surface area contributed by atoms with Crippen molar-refractivity contribution in [1.29, 1.82) is 0 Å². The number of hydrogen-bond donors (Lipinski definition) is 1. The Kier molecular flexibility index (Phi) is 3.61. The molecule has 1 aliphatic heterocycles. The van der Waals surface area contributed by atoms with Crippen molar-refractivity contribution in [3.05, 3.63) is 22.4 Å². The van der Waals surface area contributed by atoms with Gasteiger partial charge in [-0.15, -0.1) is 0 Å². The van der Waals surface area contributed by atoms with Crippen molar-refractivity contribution in [2.45, 2.75) is 69.2 Å². The molecule has 4 heteroatoms. The van der Waals surface area contributed by atoms with Gasteiger partial charge in [0.25, 0.3) is 0 Å². The van der Waals surface area contributed by atoms with Gasteiger partial charge in [0, 0.05) is 43.3 Å². The van der Waals surface area contributed by atoms with E-state index in [2.05, 4.69) is 33.6 Å². The van der Waals surface area contributed by atoms with E-state index in [1.807, 2.05) is 11.3 Å². The molecule has 1 aromatic rings. The average Bonchev–Trinajstić information content (AvgIpc) is 3.41. The highest BCUT2D eigenvalue weighted by molar-refractivity contribution is 7.07. The maximum Gasteiger partial charge on any atom is 0.0479 e. The number of likely N-dealkylation sites (tertiary alicyclic amines) is 1. The van der Waals surface area contributed by atoms with Gasteiger partial charge in [-0.05, 0) is 61.4 Å². The van der Waals surface area contributed by atoms with Gasteiger partial charge < -0.3 is 5.73 Å². The zero-order chi connectivity index (χ0) is 14.4. The summed E-state index contributed by atoms with van der Waals surface area (Å²) in [6.07, 6.45) is 6.78. The van der Waals surface area contributed by atoms with E-state index in [9.17, 15) is 0 Å². The number of thiophene rings is 1. The maximum absolute atomic E-state index is 6.34. The van der Waals surface area contributed by atoms with Crippen LogP contribution in [0.2, 0.25) is 0 Å². The van der Waals surface area contributed by atoms with E-state index in [0.717, 1.165) is 25.2 Å². The molecule has 3 nitrogen and oxygen atoms in total. The third-order valence-corrected chi connectivity index (χ3v) is 6.38. The van der Waals surface area contributed by atoms with Crippen molar-refractivity contribution < 1.29 is 0 Å². The van der Waals surface area contributed by atoms with Crippen LogP contribution < -0.4 is 5.73 Å². The van der Waals surface area contributed by atoms with Crippen LogP contribution >= 0.6 is 11.3 Å². The SMILES string of the molecule is CC1CC(CN)(N(Cc2ccsc2)C2CC2)CN1C1CC1. The van der Waals surface area contributed by atoms with E-state index in [-0.39, 0.29) is 5.54 Å². The van der Waals surface area contributed by atoms with Gasteiger partial charge in [0.05, 0.1) is 0 Å². The monoisotopic (exact) mass is 305 g/mol. The lowest BCUT2D eigenvalue weighted by Gasteiger charge is -2.41. The van der Waals surface area contributed by atoms with E-state index in [1.165, 1.54) is 44.2 Å². The van der Waals surface area contributed by atoms with Gasteiger partial charge in [0.1, 0.15) is 0 Å². The van der Waals surface area contributed by atoms with Crippen LogP contribution in [0.15, 0.2) is 16.8 Å². The van der Waals surface area contributed by atoms with Crippen molar-refractivity contribution in [2.75, 3.05) is 13.1 Å². The fourth-order valence-electron chi connectivity index (χ4n) is 4.25. The minimum Gasteiger partial charge on any atom is -0.329 e. The van der Waals surface area contributed by atoms with Crippen LogP contribution in [0.4, 0.5) is 0 Å². The Morgan fingerprint density at radius 3 is 2.76 bits per heavy atom. The Balaban J connectivity index is 1.57. The standard InChI is InChI=1S/C17H27N3S/c1-13-8-17(11-18,12-19(13)15-2-3-15)20(16-4-5-16)9-14-6-7-21-10-14/h6-7,10,13,15-16H,2-5,8-9,11-12,18H2,1H3. The molecule has 116 valence electrons. The predicted octanol–water partition coefficient (Wildman–Crippen LogP) is 2.67. The molecule has 0 bridgehead atoms. The van der Waals surface area contributed by atoms with Crippen molar-refractivity contribution in [3.8, 4) is 0 Å². The van der Waals surface area contributed by atoms with E-state index in [0.29, 0.717) is 6.04 Å². The molecule has 2 saturated carbocycles. The van der Waals surface area contributed by atoms with Crippen LogP contribution in [0.3, 0.4) is 0 Å². The Labute approximate surface area is 132 Å². The summed E-state index contributed by atoms with van der Waals surface area (Å²) in [5.41, 5.74) is 8.03. The number of hydrogen-bond acceptors (Lipinski definition) is 4. The van der Waals surface area contributed by atoms with Crippen molar-refractivity contribution in [1.82, 2.24) is 9.80 Å². The summed E-state index contributed by atoms with van der Waals surface area (Å²) < 4.78 is 0. The molecular weight excluding hydrogens is 278 g/mol. The van der Waals surface area contributed by atoms with Gasteiger partial charge in [-0.2, -0.15) is 11.3 Å².